The largest absolute Gasteiger partial charge is 0.486 e. The molecule has 2 aromatic rings. The second kappa shape index (κ2) is 9.29. The molecule has 4 rings (SSSR count). The standard InChI is InChI=1S/C23H28N2O4/c1-17-2-5-19(6-3-17)20(25-8-10-27-11-9-25)16-24-23(26)15-18-4-7-21-22(14-18)29-13-12-28-21/h2-7,14,20H,8-13,15-16H2,1H3,(H,24,26). The Hall–Kier alpha value is -2.57. The van der Waals surface area contributed by atoms with Crippen LogP contribution < -0.4 is 14.8 Å². The van der Waals surface area contributed by atoms with E-state index in [1.165, 1.54) is 11.1 Å². The van der Waals surface area contributed by atoms with Gasteiger partial charge in [-0.25, -0.2) is 0 Å². The third kappa shape index (κ3) is 5.08. The topological polar surface area (TPSA) is 60.0 Å². The average Bonchev–Trinajstić information content (AvgIpc) is 2.76. The first-order chi connectivity index (χ1) is 14.2. The number of hydrogen-bond acceptors (Lipinski definition) is 5. The Morgan fingerprint density at radius 2 is 1.72 bits per heavy atom. The molecule has 0 aromatic heterocycles. The van der Waals surface area contributed by atoms with E-state index in [0.29, 0.717) is 31.9 Å². The highest BCUT2D eigenvalue weighted by atomic mass is 16.6. The van der Waals surface area contributed by atoms with Crippen LogP contribution in [0.25, 0.3) is 0 Å². The fourth-order valence-electron chi connectivity index (χ4n) is 3.79. The number of fused-ring (bicyclic) bond motifs is 1. The van der Waals surface area contributed by atoms with Crippen LogP contribution in [0.5, 0.6) is 11.5 Å². The number of morpholine rings is 1. The maximum Gasteiger partial charge on any atom is 0.224 e. The van der Waals surface area contributed by atoms with Gasteiger partial charge in [0, 0.05) is 19.6 Å². The molecule has 154 valence electrons. The first-order valence-electron chi connectivity index (χ1n) is 10.2. The lowest BCUT2D eigenvalue weighted by atomic mass is 10.0. The molecule has 0 bridgehead atoms. The summed E-state index contributed by atoms with van der Waals surface area (Å²) in [4.78, 5) is 15.0. The normalized spacial score (nSPS) is 17.6. The Balaban J connectivity index is 1.39. The van der Waals surface area contributed by atoms with Crippen LogP contribution in [0.3, 0.4) is 0 Å². The molecule has 1 unspecified atom stereocenters. The molecule has 1 fully saturated rings. The molecule has 1 saturated heterocycles. The molecule has 0 aliphatic carbocycles. The van der Waals surface area contributed by atoms with Gasteiger partial charge in [0.25, 0.3) is 0 Å². The number of rotatable bonds is 6. The number of amides is 1. The molecule has 29 heavy (non-hydrogen) atoms. The number of hydrogen-bond donors (Lipinski definition) is 1. The molecule has 1 N–H and O–H groups in total. The van der Waals surface area contributed by atoms with E-state index in [1.54, 1.807) is 0 Å². The summed E-state index contributed by atoms with van der Waals surface area (Å²) in [5.74, 6) is 1.46. The number of nitrogens with zero attached hydrogens (tertiary/aromatic N) is 1. The molecular weight excluding hydrogens is 368 g/mol. The van der Waals surface area contributed by atoms with E-state index in [1.807, 2.05) is 18.2 Å². The molecule has 2 aliphatic rings. The molecule has 0 spiro atoms. The summed E-state index contributed by atoms with van der Waals surface area (Å²) in [5.41, 5.74) is 3.37. The minimum absolute atomic E-state index is 0.00653. The molecule has 2 aromatic carbocycles. The predicted octanol–water partition coefficient (Wildman–Crippen LogP) is 2.50. The zero-order valence-electron chi connectivity index (χ0n) is 16.9. The van der Waals surface area contributed by atoms with Gasteiger partial charge in [-0.3, -0.25) is 9.69 Å². The first-order valence-corrected chi connectivity index (χ1v) is 10.2. The second-order valence-corrected chi connectivity index (χ2v) is 7.53. The number of carbonyl (C=O) groups is 1. The quantitative estimate of drug-likeness (QED) is 0.813. The number of ether oxygens (including phenoxy) is 3. The van der Waals surface area contributed by atoms with E-state index in [0.717, 1.165) is 37.6 Å². The molecule has 6 nitrogen and oxygen atoms in total. The Morgan fingerprint density at radius 1 is 1.00 bits per heavy atom. The van der Waals surface area contributed by atoms with Gasteiger partial charge in [-0.1, -0.05) is 35.9 Å². The average molecular weight is 396 g/mol. The van der Waals surface area contributed by atoms with Crippen LogP contribution in [-0.2, 0) is 16.0 Å². The van der Waals surface area contributed by atoms with Gasteiger partial charge >= 0.3 is 0 Å². The maximum atomic E-state index is 12.6. The summed E-state index contributed by atoms with van der Waals surface area (Å²) in [6.07, 6.45) is 0.320. The van der Waals surface area contributed by atoms with Crippen molar-refractivity contribution in [3.63, 3.8) is 0 Å². The third-order valence-corrected chi connectivity index (χ3v) is 5.41. The van der Waals surface area contributed by atoms with Crippen molar-refractivity contribution in [2.75, 3.05) is 46.1 Å². The van der Waals surface area contributed by atoms with Crippen LogP contribution in [0.15, 0.2) is 42.5 Å². The molecule has 6 heteroatoms. The second-order valence-electron chi connectivity index (χ2n) is 7.53. The van der Waals surface area contributed by atoms with Crippen molar-refractivity contribution in [1.82, 2.24) is 10.2 Å². The van der Waals surface area contributed by atoms with Crippen LogP contribution in [0.4, 0.5) is 0 Å². The lowest BCUT2D eigenvalue weighted by Crippen LogP contribution is -2.44. The van der Waals surface area contributed by atoms with Crippen molar-refractivity contribution in [1.29, 1.82) is 0 Å². The fourth-order valence-corrected chi connectivity index (χ4v) is 3.79. The van der Waals surface area contributed by atoms with Crippen molar-refractivity contribution in [3.05, 3.63) is 59.2 Å². The monoisotopic (exact) mass is 396 g/mol. The first kappa shape index (κ1) is 19.7. The third-order valence-electron chi connectivity index (χ3n) is 5.41. The lowest BCUT2D eigenvalue weighted by molar-refractivity contribution is -0.120. The van der Waals surface area contributed by atoms with E-state index in [2.05, 4.69) is 41.4 Å². The SMILES string of the molecule is Cc1ccc(C(CNC(=O)Cc2ccc3c(c2)OCCO3)N2CCOCC2)cc1. The van der Waals surface area contributed by atoms with Gasteiger partial charge in [0.05, 0.1) is 25.7 Å². The number of nitrogens with one attached hydrogen (secondary N) is 1. The van der Waals surface area contributed by atoms with Crippen LogP contribution in [0.2, 0.25) is 0 Å². The zero-order chi connectivity index (χ0) is 20.1. The number of benzene rings is 2. The van der Waals surface area contributed by atoms with E-state index in [-0.39, 0.29) is 11.9 Å². The van der Waals surface area contributed by atoms with E-state index >= 15 is 0 Å². The summed E-state index contributed by atoms with van der Waals surface area (Å²) in [7, 11) is 0. The van der Waals surface area contributed by atoms with Crippen LogP contribution >= 0.6 is 0 Å². The van der Waals surface area contributed by atoms with Crippen molar-refractivity contribution in [2.24, 2.45) is 0 Å². The van der Waals surface area contributed by atoms with Gasteiger partial charge in [0.1, 0.15) is 13.2 Å². The summed E-state index contributed by atoms with van der Waals surface area (Å²) < 4.78 is 16.7. The van der Waals surface area contributed by atoms with Crippen LogP contribution in [0, 0.1) is 6.92 Å². The van der Waals surface area contributed by atoms with Gasteiger partial charge in [-0.05, 0) is 30.2 Å². The molecule has 1 atom stereocenters. The Morgan fingerprint density at radius 3 is 2.48 bits per heavy atom. The molecule has 2 aliphatic heterocycles. The molecule has 0 saturated carbocycles. The van der Waals surface area contributed by atoms with Gasteiger partial charge < -0.3 is 19.5 Å². The van der Waals surface area contributed by atoms with Gasteiger partial charge in [-0.15, -0.1) is 0 Å². The van der Waals surface area contributed by atoms with Gasteiger partial charge in [0.2, 0.25) is 5.91 Å². The van der Waals surface area contributed by atoms with Crippen molar-refractivity contribution >= 4 is 5.91 Å². The minimum Gasteiger partial charge on any atom is -0.486 e. The Kier molecular flexibility index (Phi) is 6.32. The Bertz CT molecular complexity index is 831. The van der Waals surface area contributed by atoms with Crippen LogP contribution in [-0.4, -0.2) is 56.9 Å². The smallest absolute Gasteiger partial charge is 0.224 e. The van der Waals surface area contributed by atoms with E-state index in [9.17, 15) is 4.79 Å². The predicted molar refractivity (Wildman–Crippen MR) is 110 cm³/mol. The van der Waals surface area contributed by atoms with Gasteiger partial charge in [0.15, 0.2) is 11.5 Å². The summed E-state index contributed by atoms with van der Waals surface area (Å²) in [6, 6.07) is 14.4. The van der Waals surface area contributed by atoms with Crippen LogP contribution in [0.1, 0.15) is 22.7 Å². The van der Waals surface area contributed by atoms with Crippen molar-refractivity contribution in [3.8, 4) is 11.5 Å². The van der Waals surface area contributed by atoms with Crippen molar-refractivity contribution in [2.45, 2.75) is 19.4 Å². The zero-order valence-corrected chi connectivity index (χ0v) is 16.9. The van der Waals surface area contributed by atoms with Crippen molar-refractivity contribution < 1.29 is 19.0 Å². The lowest BCUT2D eigenvalue weighted by Gasteiger charge is -2.35. The highest BCUT2D eigenvalue weighted by Crippen LogP contribution is 2.31. The molecule has 0 radical (unpaired) electrons. The number of carbonyl (C=O) groups excluding carboxylic acids is 1. The minimum atomic E-state index is 0.00653. The number of aryl methyl sites for hydroxylation is 1. The molecule has 2 heterocycles. The van der Waals surface area contributed by atoms with E-state index < -0.39 is 0 Å². The van der Waals surface area contributed by atoms with Gasteiger partial charge in [-0.2, -0.15) is 0 Å². The van der Waals surface area contributed by atoms with E-state index in [4.69, 9.17) is 14.2 Å². The summed E-state index contributed by atoms with van der Waals surface area (Å²) in [6.45, 7) is 6.97. The molecular formula is C23H28N2O4. The maximum absolute atomic E-state index is 12.6. The fraction of sp³-hybridized carbons (Fsp3) is 0.435. The summed E-state index contributed by atoms with van der Waals surface area (Å²) in [5, 5.41) is 3.13. The highest BCUT2D eigenvalue weighted by molar-refractivity contribution is 5.78. The summed E-state index contributed by atoms with van der Waals surface area (Å²) >= 11 is 0. The molecule has 1 amide bonds. The highest BCUT2D eigenvalue weighted by Gasteiger charge is 2.23. The Labute approximate surface area is 171 Å².